The largest absolute Gasteiger partial charge is 0.452 e. The Morgan fingerprint density at radius 1 is 1.07 bits per heavy atom. The Morgan fingerprint density at radius 2 is 1.89 bits per heavy atom. The second kappa shape index (κ2) is 7.86. The monoisotopic (exact) mass is 416 g/mol. The minimum absolute atomic E-state index is 0.315. The van der Waals surface area contributed by atoms with Crippen LogP contribution in [0.25, 0.3) is 10.9 Å². The first-order chi connectivity index (χ1) is 13.5. The van der Waals surface area contributed by atoms with E-state index in [0.717, 1.165) is 30.2 Å². The molecule has 1 amide bonds. The highest BCUT2D eigenvalue weighted by atomic mass is 35.5. The lowest BCUT2D eigenvalue weighted by atomic mass is 9.95. The molecule has 1 aliphatic rings. The van der Waals surface area contributed by atoms with E-state index < -0.39 is 18.5 Å². The molecule has 1 aromatic heterocycles. The molecule has 5 nitrogen and oxygen atoms in total. The summed E-state index contributed by atoms with van der Waals surface area (Å²) in [4.78, 5) is 27.9. The number of aromatic amines is 1. The van der Waals surface area contributed by atoms with Crippen LogP contribution in [-0.2, 0) is 22.4 Å². The molecule has 0 bridgehead atoms. The standard InChI is InChI=1S/C21H18Cl2N2O3/c22-13-6-8-19(16(23)10-13)25-20(26)11-28-21(27)12-5-7-18-15(9-12)14-3-1-2-4-17(14)24-18/h5-10,24H,1-4,11H2,(H,25,26). The summed E-state index contributed by atoms with van der Waals surface area (Å²) in [5, 5.41) is 4.44. The van der Waals surface area contributed by atoms with Crippen LogP contribution in [0.2, 0.25) is 10.0 Å². The molecule has 28 heavy (non-hydrogen) atoms. The molecule has 0 spiro atoms. The van der Waals surface area contributed by atoms with Crippen molar-refractivity contribution in [2.24, 2.45) is 0 Å². The topological polar surface area (TPSA) is 71.2 Å². The van der Waals surface area contributed by atoms with Gasteiger partial charge in [0.05, 0.1) is 16.3 Å². The number of ether oxygens (including phenoxy) is 1. The molecular formula is C21H18Cl2N2O3. The van der Waals surface area contributed by atoms with Gasteiger partial charge >= 0.3 is 5.97 Å². The highest BCUT2D eigenvalue weighted by molar-refractivity contribution is 6.36. The van der Waals surface area contributed by atoms with Crippen molar-refractivity contribution in [3.8, 4) is 0 Å². The number of aryl methyl sites for hydroxylation is 2. The lowest BCUT2D eigenvalue weighted by molar-refractivity contribution is -0.119. The van der Waals surface area contributed by atoms with Gasteiger partial charge in [-0.05, 0) is 67.6 Å². The Labute approximate surface area is 172 Å². The van der Waals surface area contributed by atoms with Gasteiger partial charge in [0.25, 0.3) is 5.91 Å². The highest BCUT2D eigenvalue weighted by Gasteiger charge is 2.18. The maximum Gasteiger partial charge on any atom is 0.338 e. The second-order valence-electron chi connectivity index (χ2n) is 6.80. The molecule has 4 rings (SSSR count). The summed E-state index contributed by atoms with van der Waals surface area (Å²) < 4.78 is 5.16. The van der Waals surface area contributed by atoms with E-state index >= 15 is 0 Å². The van der Waals surface area contributed by atoms with Gasteiger partial charge in [0, 0.05) is 21.6 Å². The number of carbonyl (C=O) groups is 2. The number of H-pyrrole nitrogens is 1. The van der Waals surface area contributed by atoms with Gasteiger partial charge in [-0.15, -0.1) is 0 Å². The van der Waals surface area contributed by atoms with Crippen molar-refractivity contribution in [2.45, 2.75) is 25.7 Å². The molecule has 7 heteroatoms. The summed E-state index contributed by atoms with van der Waals surface area (Å²) in [6.45, 7) is -0.402. The zero-order chi connectivity index (χ0) is 19.7. The van der Waals surface area contributed by atoms with Gasteiger partial charge in [-0.25, -0.2) is 4.79 Å². The van der Waals surface area contributed by atoms with Crippen LogP contribution in [0, 0.1) is 0 Å². The van der Waals surface area contributed by atoms with E-state index in [9.17, 15) is 9.59 Å². The van der Waals surface area contributed by atoms with Crippen molar-refractivity contribution in [1.29, 1.82) is 0 Å². The normalized spacial score (nSPS) is 13.2. The number of aromatic nitrogens is 1. The fraction of sp³-hybridized carbons (Fsp3) is 0.238. The smallest absolute Gasteiger partial charge is 0.338 e. The van der Waals surface area contributed by atoms with Crippen LogP contribution in [0.5, 0.6) is 0 Å². The Morgan fingerprint density at radius 3 is 2.71 bits per heavy atom. The number of hydrogen-bond acceptors (Lipinski definition) is 3. The van der Waals surface area contributed by atoms with E-state index in [4.69, 9.17) is 27.9 Å². The SMILES string of the molecule is O=C(COC(=O)c1ccc2[nH]c3c(c2c1)CCCC3)Nc1ccc(Cl)cc1Cl. The lowest BCUT2D eigenvalue weighted by Gasteiger charge is -2.10. The van der Waals surface area contributed by atoms with Crippen molar-refractivity contribution < 1.29 is 14.3 Å². The molecular weight excluding hydrogens is 399 g/mol. The molecule has 1 heterocycles. The first kappa shape index (κ1) is 18.8. The molecule has 0 radical (unpaired) electrons. The summed E-state index contributed by atoms with van der Waals surface area (Å²) in [6.07, 6.45) is 4.39. The quantitative estimate of drug-likeness (QED) is 0.577. The zero-order valence-corrected chi connectivity index (χ0v) is 16.5. The van der Waals surface area contributed by atoms with Gasteiger partial charge in [-0.1, -0.05) is 23.2 Å². The van der Waals surface area contributed by atoms with Crippen molar-refractivity contribution in [2.75, 3.05) is 11.9 Å². The predicted octanol–water partition coefficient (Wildman–Crippen LogP) is 5.15. The molecule has 1 aliphatic carbocycles. The minimum atomic E-state index is -0.537. The number of fused-ring (bicyclic) bond motifs is 3. The first-order valence-electron chi connectivity index (χ1n) is 9.07. The molecule has 144 valence electrons. The minimum Gasteiger partial charge on any atom is -0.452 e. The second-order valence-corrected chi connectivity index (χ2v) is 7.64. The highest BCUT2D eigenvalue weighted by Crippen LogP contribution is 2.30. The van der Waals surface area contributed by atoms with Crippen LogP contribution in [0.3, 0.4) is 0 Å². The van der Waals surface area contributed by atoms with Gasteiger partial charge in [0.1, 0.15) is 0 Å². The Balaban J connectivity index is 1.42. The third-order valence-corrected chi connectivity index (χ3v) is 5.42. The molecule has 0 unspecified atom stereocenters. The average Bonchev–Trinajstić information content (AvgIpc) is 3.06. The lowest BCUT2D eigenvalue weighted by Crippen LogP contribution is -2.21. The molecule has 0 fully saturated rings. The third kappa shape index (κ3) is 3.86. The number of esters is 1. The predicted molar refractivity (Wildman–Crippen MR) is 110 cm³/mol. The van der Waals surface area contributed by atoms with Crippen molar-refractivity contribution in [1.82, 2.24) is 4.98 Å². The Kier molecular flexibility index (Phi) is 5.29. The van der Waals surface area contributed by atoms with E-state index in [1.165, 1.54) is 23.7 Å². The van der Waals surface area contributed by atoms with Crippen molar-refractivity contribution in [3.63, 3.8) is 0 Å². The van der Waals surface area contributed by atoms with Crippen LogP contribution in [0.1, 0.15) is 34.5 Å². The molecule has 3 aromatic rings. The fourth-order valence-electron chi connectivity index (χ4n) is 3.52. The van der Waals surface area contributed by atoms with Crippen LogP contribution in [0.15, 0.2) is 36.4 Å². The molecule has 2 aromatic carbocycles. The number of amides is 1. The van der Waals surface area contributed by atoms with Gasteiger partial charge in [-0.3, -0.25) is 4.79 Å². The maximum atomic E-state index is 12.4. The zero-order valence-electron chi connectivity index (χ0n) is 15.0. The molecule has 0 aliphatic heterocycles. The maximum absolute atomic E-state index is 12.4. The summed E-state index contributed by atoms with van der Waals surface area (Å²) in [5.74, 6) is -1.01. The average molecular weight is 417 g/mol. The Bertz CT molecular complexity index is 1070. The number of hydrogen-bond donors (Lipinski definition) is 2. The van der Waals surface area contributed by atoms with Gasteiger partial charge < -0.3 is 15.0 Å². The van der Waals surface area contributed by atoms with Gasteiger partial charge in [-0.2, -0.15) is 0 Å². The molecule has 2 N–H and O–H groups in total. The summed E-state index contributed by atoms with van der Waals surface area (Å²) >= 11 is 11.9. The Hall–Kier alpha value is -2.50. The van der Waals surface area contributed by atoms with Crippen molar-refractivity contribution in [3.05, 3.63) is 63.3 Å². The fourth-order valence-corrected chi connectivity index (χ4v) is 3.98. The van der Waals surface area contributed by atoms with E-state index in [1.54, 1.807) is 18.2 Å². The number of nitrogens with one attached hydrogen (secondary N) is 2. The molecule has 0 atom stereocenters. The number of carbonyl (C=O) groups excluding carboxylic acids is 2. The van der Waals surface area contributed by atoms with Crippen LogP contribution in [0.4, 0.5) is 5.69 Å². The van der Waals surface area contributed by atoms with E-state index in [-0.39, 0.29) is 0 Å². The molecule has 0 saturated carbocycles. The van der Waals surface area contributed by atoms with E-state index in [1.807, 2.05) is 12.1 Å². The number of benzene rings is 2. The summed E-state index contributed by atoms with van der Waals surface area (Å²) in [5.41, 5.74) is 4.40. The van der Waals surface area contributed by atoms with Crippen LogP contribution < -0.4 is 5.32 Å². The van der Waals surface area contributed by atoms with E-state index in [2.05, 4.69) is 10.3 Å². The van der Waals surface area contributed by atoms with E-state index in [0.29, 0.717) is 21.3 Å². The van der Waals surface area contributed by atoms with Gasteiger partial charge in [0.15, 0.2) is 6.61 Å². The number of anilines is 1. The van der Waals surface area contributed by atoms with Crippen LogP contribution >= 0.6 is 23.2 Å². The number of halogens is 2. The summed E-state index contributed by atoms with van der Waals surface area (Å²) in [7, 11) is 0. The van der Waals surface area contributed by atoms with Crippen molar-refractivity contribution >= 4 is 51.7 Å². The molecule has 0 saturated heterocycles. The number of rotatable bonds is 4. The van der Waals surface area contributed by atoms with Gasteiger partial charge in [0.2, 0.25) is 0 Å². The summed E-state index contributed by atoms with van der Waals surface area (Å²) in [6, 6.07) is 10.2. The van der Waals surface area contributed by atoms with Crippen LogP contribution in [-0.4, -0.2) is 23.5 Å². The first-order valence-corrected chi connectivity index (χ1v) is 9.82. The third-order valence-electron chi connectivity index (χ3n) is 4.87.